The highest BCUT2D eigenvalue weighted by atomic mass is 32.2. The van der Waals surface area contributed by atoms with Crippen molar-refractivity contribution in [1.82, 2.24) is 4.72 Å². The van der Waals surface area contributed by atoms with Crippen LogP contribution in [0.5, 0.6) is 0 Å². The van der Waals surface area contributed by atoms with E-state index in [2.05, 4.69) is 18.6 Å². The number of rotatable bonds is 5. The molecule has 1 saturated carbocycles. The normalized spacial score (nSPS) is 19.0. The minimum absolute atomic E-state index is 0.0785. The Hall–Kier alpha value is -0.870. The van der Waals surface area contributed by atoms with Crippen LogP contribution in [-0.4, -0.2) is 14.5 Å². The first-order chi connectivity index (χ1) is 12.5. The lowest BCUT2D eigenvalue weighted by Crippen LogP contribution is -2.35. The van der Waals surface area contributed by atoms with Crippen LogP contribution in [-0.2, 0) is 16.4 Å². The van der Waals surface area contributed by atoms with Crippen molar-refractivity contribution in [3.8, 4) is 0 Å². The molecular weight excluding hydrogens is 342 g/mol. The highest BCUT2D eigenvalue weighted by Gasteiger charge is 2.20. The smallest absolute Gasteiger partial charge is 0.208 e. The minimum atomic E-state index is -3.42. The maximum atomic E-state index is 12.8. The summed E-state index contributed by atoms with van der Waals surface area (Å²) in [6, 6.07) is 7.51. The average Bonchev–Trinajstić information content (AvgIpc) is 2.57. The topological polar surface area (TPSA) is 46.2 Å². The van der Waals surface area contributed by atoms with Gasteiger partial charge in [0.25, 0.3) is 0 Å². The number of sulfonamides is 1. The summed E-state index contributed by atoms with van der Waals surface area (Å²) in [7, 11) is -3.42. The van der Waals surface area contributed by atoms with Gasteiger partial charge in [-0.15, -0.1) is 0 Å². The lowest BCUT2D eigenvalue weighted by molar-refractivity contribution is 0.440. The molecule has 2 rings (SSSR count). The van der Waals surface area contributed by atoms with Crippen LogP contribution in [0, 0.1) is 5.92 Å². The molecule has 0 bridgehead atoms. The molecule has 0 radical (unpaired) electrons. The monoisotopic (exact) mass is 379 g/mol. The second kappa shape index (κ2) is 11.1. The molecule has 0 unspecified atom stereocenters. The highest BCUT2D eigenvalue weighted by Crippen LogP contribution is 2.19. The number of hydrogen-bond donors (Lipinski definition) is 1. The maximum absolute atomic E-state index is 12.8. The SMILES string of the molecule is CC(C)Cc1ccc(S(=O)(=O)NC2CCCCCCCCCCC2)cc1. The zero-order valence-corrected chi connectivity index (χ0v) is 17.5. The molecule has 0 aromatic heterocycles. The summed E-state index contributed by atoms with van der Waals surface area (Å²) in [6.45, 7) is 4.35. The first kappa shape index (κ1) is 21.4. The maximum Gasteiger partial charge on any atom is 0.240 e. The summed E-state index contributed by atoms with van der Waals surface area (Å²) in [4.78, 5) is 0.399. The molecule has 4 heteroatoms. The van der Waals surface area contributed by atoms with Crippen LogP contribution in [0.3, 0.4) is 0 Å². The van der Waals surface area contributed by atoms with Crippen molar-refractivity contribution in [3.63, 3.8) is 0 Å². The molecule has 0 amide bonds. The van der Waals surface area contributed by atoms with Crippen LogP contribution in [0.15, 0.2) is 29.2 Å². The van der Waals surface area contributed by atoms with E-state index < -0.39 is 10.0 Å². The van der Waals surface area contributed by atoms with Gasteiger partial charge in [0.15, 0.2) is 0 Å². The van der Waals surface area contributed by atoms with E-state index in [1.807, 2.05) is 12.1 Å². The average molecular weight is 380 g/mol. The molecule has 0 spiro atoms. The van der Waals surface area contributed by atoms with Crippen LogP contribution >= 0.6 is 0 Å². The van der Waals surface area contributed by atoms with Gasteiger partial charge >= 0.3 is 0 Å². The van der Waals surface area contributed by atoms with E-state index in [4.69, 9.17) is 0 Å². The fourth-order valence-corrected chi connectivity index (χ4v) is 5.15. The first-order valence-corrected chi connectivity index (χ1v) is 12.1. The Morgan fingerprint density at radius 1 is 0.846 bits per heavy atom. The number of hydrogen-bond acceptors (Lipinski definition) is 2. The summed E-state index contributed by atoms with van der Waals surface area (Å²) in [5, 5.41) is 0. The molecule has 1 aromatic carbocycles. The van der Waals surface area contributed by atoms with Gasteiger partial charge in [-0.05, 0) is 42.9 Å². The van der Waals surface area contributed by atoms with Crippen molar-refractivity contribution in [2.45, 2.75) is 102 Å². The van der Waals surface area contributed by atoms with Crippen molar-refractivity contribution in [2.75, 3.05) is 0 Å². The lowest BCUT2D eigenvalue weighted by atomic mass is 9.98. The van der Waals surface area contributed by atoms with Crippen molar-refractivity contribution in [3.05, 3.63) is 29.8 Å². The summed E-state index contributed by atoms with van der Waals surface area (Å²) >= 11 is 0. The molecule has 3 nitrogen and oxygen atoms in total. The van der Waals surface area contributed by atoms with Gasteiger partial charge in [0.1, 0.15) is 0 Å². The number of benzene rings is 1. The molecule has 1 aliphatic rings. The van der Waals surface area contributed by atoms with Crippen molar-refractivity contribution in [2.24, 2.45) is 5.92 Å². The molecule has 0 atom stereocenters. The van der Waals surface area contributed by atoms with E-state index >= 15 is 0 Å². The van der Waals surface area contributed by atoms with E-state index in [0.29, 0.717) is 10.8 Å². The van der Waals surface area contributed by atoms with Gasteiger partial charge in [-0.1, -0.05) is 83.8 Å². The van der Waals surface area contributed by atoms with E-state index in [0.717, 1.165) is 32.1 Å². The summed E-state index contributed by atoms with van der Waals surface area (Å²) < 4.78 is 28.6. The van der Waals surface area contributed by atoms with Crippen LogP contribution in [0.1, 0.15) is 90.0 Å². The van der Waals surface area contributed by atoms with Gasteiger partial charge in [0.05, 0.1) is 4.90 Å². The highest BCUT2D eigenvalue weighted by molar-refractivity contribution is 7.89. The van der Waals surface area contributed by atoms with E-state index in [1.54, 1.807) is 12.1 Å². The van der Waals surface area contributed by atoms with E-state index in [-0.39, 0.29) is 6.04 Å². The van der Waals surface area contributed by atoms with Gasteiger partial charge in [-0.25, -0.2) is 13.1 Å². The molecule has 1 aromatic rings. The van der Waals surface area contributed by atoms with E-state index in [1.165, 1.54) is 50.5 Å². The lowest BCUT2D eigenvalue weighted by Gasteiger charge is -2.20. The molecule has 0 heterocycles. The second-order valence-electron chi connectivity index (χ2n) is 8.32. The fourth-order valence-electron chi connectivity index (χ4n) is 3.84. The Morgan fingerprint density at radius 3 is 1.77 bits per heavy atom. The molecule has 1 fully saturated rings. The summed E-state index contributed by atoms with van der Waals surface area (Å²) in [5.41, 5.74) is 1.20. The van der Waals surface area contributed by atoms with Crippen LogP contribution < -0.4 is 4.72 Å². The number of nitrogens with one attached hydrogen (secondary N) is 1. The Balaban J connectivity index is 1.97. The van der Waals surface area contributed by atoms with E-state index in [9.17, 15) is 8.42 Å². The zero-order valence-electron chi connectivity index (χ0n) is 16.7. The predicted octanol–water partition coefficient (Wildman–Crippen LogP) is 5.84. The Bertz CT molecular complexity index is 596. The quantitative estimate of drug-likeness (QED) is 0.699. The molecule has 26 heavy (non-hydrogen) atoms. The predicted molar refractivity (Wildman–Crippen MR) is 110 cm³/mol. The Kier molecular flexibility index (Phi) is 9.13. The minimum Gasteiger partial charge on any atom is -0.208 e. The Morgan fingerprint density at radius 2 is 1.31 bits per heavy atom. The standard InChI is InChI=1S/C22H37NO2S/c1-19(2)18-20-14-16-22(17-15-20)26(24,25)23-21-12-10-8-6-4-3-5-7-9-11-13-21/h14-17,19,21,23H,3-13,18H2,1-2H3. The molecule has 0 aliphatic heterocycles. The molecule has 1 aliphatic carbocycles. The van der Waals surface area contributed by atoms with Gasteiger partial charge in [-0.3, -0.25) is 0 Å². The molecular formula is C22H37NO2S. The fraction of sp³-hybridized carbons (Fsp3) is 0.727. The molecule has 0 saturated heterocycles. The third-order valence-electron chi connectivity index (χ3n) is 5.30. The largest absolute Gasteiger partial charge is 0.240 e. The van der Waals surface area contributed by atoms with Gasteiger partial charge in [0.2, 0.25) is 10.0 Å². The summed E-state index contributed by atoms with van der Waals surface area (Å²) in [6.07, 6.45) is 14.2. The van der Waals surface area contributed by atoms with Crippen LogP contribution in [0.2, 0.25) is 0 Å². The van der Waals surface area contributed by atoms with Crippen molar-refractivity contribution < 1.29 is 8.42 Å². The van der Waals surface area contributed by atoms with Gasteiger partial charge in [-0.2, -0.15) is 0 Å². The Labute approximate surface area is 161 Å². The van der Waals surface area contributed by atoms with Crippen molar-refractivity contribution in [1.29, 1.82) is 0 Å². The van der Waals surface area contributed by atoms with Crippen molar-refractivity contribution >= 4 is 10.0 Å². The zero-order chi connectivity index (χ0) is 18.8. The van der Waals surface area contributed by atoms with Gasteiger partial charge < -0.3 is 0 Å². The first-order valence-electron chi connectivity index (χ1n) is 10.6. The third-order valence-corrected chi connectivity index (χ3v) is 6.84. The molecule has 148 valence electrons. The third kappa shape index (κ3) is 7.79. The summed E-state index contributed by atoms with van der Waals surface area (Å²) in [5.74, 6) is 0.576. The van der Waals surface area contributed by atoms with Crippen LogP contribution in [0.25, 0.3) is 0 Å². The second-order valence-corrected chi connectivity index (χ2v) is 10.0. The molecule has 1 N–H and O–H groups in total. The van der Waals surface area contributed by atoms with Gasteiger partial charge in [0, 0.05) is 6.04 Å². The van der Waals surface area contributed by atoms with Crippen LogP contribution in [0.4, 0.5) is 0 Å².